The molecule has 1 rings (SSSR count). The Morgan fingerprint density at radius 1 is 1.11 bits per heavy atom. The predicted molar refractivity (Wildman–Crippen MR) is 74.9 cm³/mol. The van der Waals surface area contributed by atoms with Gasteiger partial charge in [-0.3, -0.25) is 4.79 Å². The molecule has 0 saturated carbocycles. The van der Waals surface area contributed by atoms with Gasteiger partial charge in [0.1, 0.15) is 6.10 Å². The second kappa shape index (κ2) is 8.04. The predicted octanol–water partition coefficient (Wildman–Crippen LogP) is 4.24. The SMILES string of the molecule is CCCC(CCC)OC(C)C(=O)c1ccccc1. The topological polar surface area (TPSA) is 26.3 Å². The van der Waals surface area contributed by atoms with Crippen LogP contribution < -0.4 is 0 Å². The van der Waals surface area contributed by atoms with Crippen LogP contribution in [0.15, 0.2) is 30.3 Å². The Kier molecular flexibility index (Phi) is 6.66. The molecule has 1 atom stereocenters. The molecule has 0 aliphatic heterocycles. The largest absolute Gasteiger partial charge is 0.367 e. The number of rotatable bonds is 8. The highest BCUT2D eigenvalue weighted by molar-refractivity contribution is 5.99. The van der Waals surface area contributed by atoms with Gasteiger partial charge in [0, 0.05) is 5.56 Å². The normalized spacial score (nSPS) is 12.7. The van der Waals surface area contributed by atoms with Gasteiger partial charge in [0.15, 0.2) is 5.78 Å². The molecule has 0 aromatic heterocycles. The average molecular weight is 248 g/mol. The molecular formula is C16H24O2. The van der Waals surface area contributed by atoms with Gasteiger partial charge >= 0.3 is 0 Å². The number of Topliss-reactive ketones (excluding diaryl/α,β-unsaturated/α-hetero) is 1. The number of ketones is 1. The highest BCUT2D eigenvalue weighted by Gasteiger charge is 2.19. The third-order valence-corrected chi connectivity index (χ3v) is 3.05. The van der Waals surface area contributed by atoms with Crippen LogP contribution in [-0.4, -0.2) is 18.0 Å². The average Bonchev–Trinajstić information content (AvgIpc) is 2.39. The number of benzene rings is 1. The van der Waals surface area contributed by atoms with Gasteiger partial charge in [0.05, 0.1) is 6.10 Å². The third kappa shape index (κ3) is 4.61. The number of ether oxygens (including phenoxy) is 1. The highest BCUT2D eigenvalue weighted by atomic mass is 16.5. The fourth-order valence-electron chi connectivity index (χ4n) is 2.11. The van der Waals surface area contributed by atoms with Gasteiger partial charge in [0.2, 0.25) is 0 Å². The first kappa shape index (κ1) is 14.9. The van der Waals surface area contributed by atoms with E-state index in [4.69, 9.17) is 4.74 Å². The van der Waals surface area contributed by atoms with Crippen LogP contribution in [0.25, 0.3) is 0 Å². The summed E-state index contributed by atoms with van der Waals surface area (Å²) in [6.45, 7) is 6.15. The van der Waals surface area contributed by atoms with Crippen LogP contribution in [0.5, 0.6) is 0 Å². The first-order valence-corrected chi connectivity index (χ1v) is 6.93. The molecule has 0 saturated heterocycles. The van der Waals surface area contributed by atoms with Crippen LogP contribution in [0.4, 0.5) is 0 Å². The Bertz CT molecular complexity index is 339. The van der Waals surface area contributed by atoms with Crippen molar-refractivity contribution in [2.24, 2.45) is 0 Å². The molecule has 2 nitrogen and oxygen atoms in total. The van der Waals surface area contributed by atoms with Gasteiger partial charge in [-0.15, -0.1) is 0 Å². The lowest BCUT2D eigenvalue weighted by Gasteiger charge is -2.21. The standard InChI is InChI=1S/C16H24O2/c1-4-9-15(10-5-2)18-13(3)16(17)14-11-7-6-8-12-14/h6-8,11-13,15H,4-5,9-10H2,1-3H3. The number of hydrogen-bond acceptors (Lipinski definition) is 2. The zero-order chi connectivity index (χ0) is 13.4. The summed E-state index contributed by atoms with van der Waals surface area (Å²) in [6.07, 6.45) is 4.10. The molecule has 0 N–H and O–H groups in total. The molecule has 0 heterocycles. The lowest BCUT2D eigenvalue weighted by Crippen LogP contribution is -2.27. The molecule has 0 fully saturated rings. The third-order valence-electron chi connectivity index (χ3n) is 3.05. The van der Waals surface area contributed by atoms with Crippen LogP contribution in [0.2, 0.25) is 0 Å². The van der Waals surface area contributed by atoms with E-state index in [-0.39, 0.29) is 18.0 Å². The molecule has 0 radical (unpaired) electrons. The van der Waals surface area contributed by atoms with Crippen molar-refractivity contribution in [3.8, 4) is 0 Å². The summed E-state index contributed by atoms with van der Waals surface area (Å²) in [5.41, 5.74) is 0.733. The van der Waals surface area contributed by atoms with Crippen LogP contribution in [-0.2, 0) is 4.74 Å². The van der Waals surface area contributed by atoms with E-state index in [2.05, 4.69) is 13.8 Å². The molecule has 0 aliphatic carbocycles. The van der Waals surface area contributed by atoms with Gasteiger partial charge in [-0.1, -0.05) is 57.0 Å². The summed E-state index contributed by atoms with van der Waals surface area (Å²) in [5.74, 6) is 0.0767. The minimum Gasteiger partial charge on any atom is -0.367 e. The molecule has 0 spiro atoms. The van der Waals surface area contributed by atoms with Gasteiger partial charge in [0.25, 0.3) is 0 Å². The molecule has 0 aliphatic rings. The maximum atomic E-state index is 12.2. The molecule has 18 heavy (non-hydrogen) atoms. The van der Waals surface area contributed by atoms with Crippen molar-refractivity contribution < 1.29 is 9.53 Å². The molecule has 1 unspecified atom stereocenters. The van der Waals surface area contributed by atoms with Crippen molar-refractivity contribution in [2.45, 2.75) is 58.7 Å². The second-order valence-electron chi connectivity index (χ2n) is 4.71. The van der Waals surface area contributed by atoms with Crippen molar-refractivity contribution >= 4 is 5.78 Å². The van der Waals surface area contributed by atoms with Gasteiger partial charge in [-0.2, -0.15) is 0 Å². The van der Waals surface area contributed by atoms with Gasteiger partial charge < -0.3 is 4.74 Å². The summed E-state index contributed by atoms with van der Waals surface area (Å²) in [5, 5.41) is 0. The number of carbonyl (C=O) groups excluding carboxylic acids is 1. The Balaban J connectivity index is 2.58. The van der Waals surface area contributed by atoms with Crippen molar-refractivity contribution in [2.75, 3.05) is 0 Å². The lowest BCUT2D eigenvalue weighted by molar-refractivity contribution is -0.00334. The summed E-state index contributed by atoms with van der Waals surface area (Å²) in [6, 6.07) is 9.37. The van der Waals surface area contributed by atoms with Gasteiger partial charge in [-0.05, 0) is 19.8 Å². The minimum atomic E-state index is -0.351. The fourth-order valence-corrected chi connectivity index (χ4v) is 2.11. The summed E-state index contributed by atoms with van der Waals surface area (Å²) in [7, 11) is 0. The minimum absolute atomic E-state index is 0.0767. The van der Waals surface area contributed by atoms with E-state index < -0.39 is 0 Å². The first-order valence-electron chi connectivity index (χ1n) is 6.93. The second-order valence-corrected chi connectivity index (χ2v) is 4.71. The number of hydrogen-bond donors (Lipinski definition) is 0. The van der Waals surface area contributed by atoms with E-state index >= 15 is 0 Å². The van der Waals surface area contributed by atoms with Crippen molar-refractivity contribution in [1.82, 2.24) is 0 Å². The van der Waals surface area contributed by atoms with Gasteiger partial charge in [-0.25, -0.2) is 0 Å². The molecule has 0 bridgehead atoms. The van der Waals surface area contributed by atoms with E-state index in [1.54, 1.807) is 0 Å². The molecule has 2 heteroatoms. The Hall–Kier alpha value is -1.15. The summed E-state index contributed by atoms with van der Waals surface area (Å²) < 4.78 is 5.90. The zero-order valence-corrected chi connectivity index (χ0v) is 11.7. The molecule has 100 valence electrons. The van der Waals surface area contributed by atoms with Crippen LogP contribution in [0, 0.1) is 0 Å². The maximum Gasteiger partial charge on any atom is 0.191 e. The molecular weight excluding hydrogens is 224 g/mol. The van der Waals surface area contributed by atoms with Crippen LogP contribution >= 0.6 is 0 Å². The van der Waals surface area contributed by atoms with E-state index in [1.165, 1.54) is 0 Å². The summed E-state index contributed by atoms with van der Waals surface area (Å²) >= 11 is 0. The summed E-state index contributed by atoms with van der Waals surface area (Å²) in [4.78, 5) is 12.2. The van der Waals surface area contributed by atoms with E-state index in [1.807, 2.05) is 37.3 Å². The molecule has 0 amide bonds. The van der Waals surface area contributed by atoms with Crippen molar-refractivity contribution in [1.29, 1.82) is 0 Å². The molecule has 1 aromatic carbocycles. The van der Waals surface area contributed by atoms with Crippen molar-refractivity contribution in [3.63, 3.8) is 0 Å². The van der Waals surface area contributed by atoms with Crippen LogP contribution in [0.1, 0.15) is 56.8 Å². The smallest absolute Gasteiger partial charge is 0.191 e. The maximum absolute atomic E-state index is 12.2. The fraction of sp³-hybridized carbons (Fsp3) is 0.562. The van der Waals surface area contributed by atoms with Crippen molar-refractivity contribution in [3.05, 3.63) is 35.9 Å². The van der Waals surface area contributed by atoms with Crippen LogP contribution in [0.3, 0.4) is 0 Å². The Labute approximate surface area is 110 Å². The Morgan fingerprint density at radius 2 is 1.67 bits per heavy atom. The van der Waals surface area contributed by atoms with E-state index in [9.17, 15) is 4.79 Å². The van der Waals surface area contributed by atoms with E-state index in [0.29, 0.717) is 0 Å². The zero-order valence-electron chi connectivity index (χ0n) is 11.7. The lowest BCUT2D eigenvalue weighted by atomic mass is 10.1. The van der Waals surface area contributed by atoms with E-state index in [0.717, 1.165) is 31.2 Å². The number of carbonyl (C=O) groups is 1. The molecule has 1 aromatic rings. The Morgan fingerprint density at radius 3 is 2.17 bits per heavy atom. The first-order chi connectivity index (χ1) is 8.69. The quantitative estimate of drug-likeness (QED) is 0.643. The monoisotopic (exact) mass is 248 g/mol. The highest BCUT2D eigenvalue weighted by Crippen LogP contribution is 2.14.